The fourth-order valence-electron chi connectivity index (χ4n) is 2.21. The predicted molar refractivity (Wildman–Crippen MR) is 119 cm³/mol. The topological polar surface area (TPSA) is 75.8 Å². The van der Waals surface area contributed by atoms with Crippen LogP contribution in [-0.2, 0) is 0 Å². The third-order valence-electron chi connectivity index (χ3n) is 3.47. The van der Waals surface area contributed by atoms with Crippen LogP contribution in [0.1, 0.15) is 0 Å². The third kappa shape index (κ3) is 6.93. The number of H-pyrrole nitrogens is 2. The number of nitrogens with one attached hydrogen (secondary N) is 2. The highest BCUT2D eigenvalue weighted by Gasteiger charge is 2.02. The first-order valence-electron chi connectivity index (χ1n) is 8.15. The molecule has 2 N–H and O–H groups in total. The van der Waals surface area contributed by atoms with E-state index >= 15 is 0 Å². The first kappa shape index (κ1) is 23.0. The van der Waals surface area contributed by atoms with Crippen molar-refractivity contribution in [3.8, 4) is 11.5 Å². The summed E-state index contributed by atoms with van der Waals surface area (Å²) >= 11 is 3.13. The minimum Gasteiger partial charge on any atom is -0.458 e. The zero-order valence-electron chi connectivity index (χ0n) is 15.0. The van der Waals surface area contributed by atoms with Crippen LogP contribution in [0.3, 0.4) is 0 Å². The molecule has 6 nitrogen and oxygen atoms in total. The fourth-order valence-corrected chi connectivity index (χ4v) is 3.68. The Labute approximate surface area is 189 Å². The summed E-state index contributed by atoms with van der Waals surface area (Å²) in [6.07, 6.45) is 7.08. The molecule has 0 radical (unpaired) electrons. The monoisotopic (exact) mass is 468 g/mol. The number of imidazole rings is 2. The van der Waals surface area contributed by atoms with Crippen molar-refractivity contribution in [2.45, 2.75) is 20.1 Å². The predicted octanol–water partition coefficient (Wildman–Crippen LogP) is 5.69. The van der Waals surface area contributed by atoms with Gasteiger partial charge in [0, 0.05) is 34.6 Å². The normalized spacial score (nSPS) is 9.93. The van der Waals surface area contributed by atoms with E-state index in [1.807, 2.05) is 48.5 Å². The third-order valence-corrected chi connectivity index (χ3v) is 5.32. The summed E-state index contributed by atoms with van der Waals surface area (Å²) < 4.78 is 11.3. The van der Waals surface area contributed by atoms with Crippen LogP contribution >= 0.6 is 48.3 Å². The van der Waals surface area contributed by atoms with Crippen LogP contribution in [0.25, 0.3) is 0 Å². The highest BCUT2D eigenvalue weighted by Crippen LogP contribution is 2.27. The number of ether oxygens (including phenoxy) is 2. The van der Waals surface area contributed by atoms with Crippen LogP contribution in [0, 0.1) is 0 Å². The lowest BCUT2D eigenvalue weighted by molar-refractivity contribution is 0.120. The number of benzene rings is 2. The number of hydrogen-bond donors (Lipinski definition) is 2. The molecule has 4 rings (SSSR count). The van der Waals surface area contributed by atoms with E-state index in [1.54, 1.807) is 48.3 Å². The van der Waals surface area contributed by atoms with Crippen molar-refractivity contribution in [2.24, 2.45) is 0 Å². The molecule has 0 saturated carbocycles. The lowest BCUT2D eigenvalue weighted by Gasteiger charge is -2.09. The number of hydrogen-bond acceptors (Lipinski definition) is 6. The summed E-state index contributed by atoms with van der Waals surface area (Å²) in [4.78, 5) is 16.7. The van der Waals surface area contributed by atoms with Crippen molar-refractivity contribution in [3.05, 3.63) is 73.3 Å². The first-order chi connectivity index (χ1) is 13.3. The lowest BCUT2D eigenvalue weighted by Crippen LogP contribution is -2.05. The summed E-state index contributed by atoms with van der Waals surface area (Å²) in [5.41, 5.74) is 0. The van der Waals surface area contributed by atoms with E-state index in [0.29, 0.717) is 0 Å². The van der Waals surface area contributed by atoms with Crippen LogP contribution in [0.2, 0.25) is 0 Å². The zero-order chi connectivity index (χ0) is 18.3. The van der Waals surface area contributed by atoms with Gasteiger partial charge >= 0.3 is 0 Å². The quantitative estimate of drug-likeness (QED) is 0.323. The van der Waals surface area contributed by atoms with E-state index in [4.69, 9.17) is 9.47 Å². The average Bonchev–Trinajstić information content (AvgIpc) is 3.39. The Balaban J connectivity index is 0.00000150. The summed E-state index contributed by atoms with van der Waals surface area (Å²) in [5, 5.41) is 1.72. The molecule has 0 amide bonds. The number of aromatic nitrogens is 4. The molecule has 2 heterocycles. The Morgan fingerprint density at radius 1 is 0.655 bits per heavy atom. The van der Waals surface area contributed by atoms with Gasteiger partial charge in [-0.15, -0.1) is 24.8 Å². The maximum Gasteiger partial charge on any atom is 0.230 e. The van der Waals surface area contributed by atoms with Crippen molar-refractivity contribution in [3.63, 3.8) is 0 Å². The van der Waals surface area contributed by atoms with Gasteiger partial charge in [-0.1, -0.05) is 23.5 Å². The standard InChI is InChI=1S/C19H16N4O2S2.2ClH/c1-5-16(26-18-20-9-10-21-18)6-2-14(1)24-13-25-15-3-7-17(8-4-15)27-19-22-11-12-23-19;;/h1-12H,13H2,(H,20,21)(H,22,23);2*1H. The first-order valence-corrected chi connectivity index (χ1v) is 9.79. The molecular formula is C19H18Cl2N4O2S2. The summed E-state index contributed by atoms with van der Waals surface area (Å²) in [5.74, 6) is 1.51. The minimum absolute atomic E-state index is 0. The van der Waals surface area contributed by atoms with Gasteiger partial charge in [0.1, 0.15) is 11.5 Å². The zero-order valence-corrected chi connectivity index (χ0v) is 18.2. The molecule has 0 spiro atoms. The minimum atomic E-state index is 0. The molecule has 29 heavy (non-hydrogen) atoms. The van der Waals surface area contributed by atoms with Crippen LogP contribution in [0.4, 0.5) is 0 Å². The van der Waals surface area contributed by atoms with Crippen molar-refractivity contribution >= 4 is 48.3 Å². The Kier molecular flexibility index (Phi) is 9.27. The summed E-state index contributed by atoms with van der Waals surface area (Å²) in [7, 11) is 0. The van der Waals surface area contributed by atoms with E-state index in [0.717, 1.165) is 31.6 Å². The summed E-state index contributed by atoms with van der Waals surface area (Å²) in [6, 6.07) is 15.6. The molecule has 0 aliphatic carbocycles. The number of aromatic amines is 2. The molecule has 0 bridgehead atoms. The van der Waals surface area contributed by atoms with E-state index < -0.39 is 0 Å². The molecular weight excluding hydrogens is 451 g/mol. The Hall–Kier alpha value is -2.26. The molecule has 0 fully saturated rings. The van der Waals surface area contributed by atoms with Gasteiger partial charge in [0.25, 0.3) is 0 Å². The SMILES string of the molecule is Cl.Cl.c1c[nH]c(Sc2ccc(OCOc3ccc(Sc4ncc[nH]4)cc3)cc2)n1. The van der Waals surface area contributed by atoms with E-state index in [-0.39, 0.29) is 31.6 Å². The molecule has 0 saturated heterocycles. The lowest BCUT2D eigenvalue weighted by atomic mass is 10.3. The number of halogens is 2. The molecule has 0 aliphatic heterocycles. The van der Waals surface area contributed by atoms with Gasteiger partial charge in [0.05, 0.1) is 0 Å². The van der Waals surface area contributed by atoms with E-state index in [9.17, 15) is 0 Å². The van der Waals surface area contributed by atoms with Gasteiger partial charge in [-0.05, 0) is 48.5 Å². The van der Waals surface area contributed by atoms with Crippen molar-refractivity contribution in [1.29, 1.82) is 0 Å². The van der Waals surface area contributed by atoms with Crippen LogP contribution in [0.5, 0.6) is 11.5 Å². The number of nitrogens with zero attached hydrogens (tertiary/aromatic N) is 2. The fraction of sp³-hybridized carbons (Fsp3) is 0.0526. The second-order valence-electron chi connectivity index (χ2n) is 5.34. The highest BCUT2D eigenvalue weighted by molar-refractivity contribution is 7.99. The van der Waals surface area contributed by atoms with Gasteiger partial charge in [0.2, 0.25) is 6.79 Å². The van der Waals surface area contributed by atoms with Crippen molar-refractivity contribution < 1.29 is 9.47 Å². The molecule has 0 atom stereocenters. The van der Waals surface area contributed by atoms with Crippen LogP contribution < -0.4 is 9.47 Å². The van der Waals surface area contributed by atoms with Gasteiger partial charge in [-0.3, -0.25) is 0 Å². The largest absolute Gasteiger partial charge is 0.458 e. The number of rotatable bonds is 8. The van der Waals surface area contributed by atoms with Crippen LogP contribution in [0.15, 0.2) is 93.4 Å². The summed E-state index contributed by atoms with van der Waals surface area (Å²) in [6.45, 7) is 0.148. The molecule has 4 aromatic rings. The second-order valence-corrected chi connectivity index (χ2v) is 7.47. The van der Waals surface area contributed by atoms with Gasteiger partial charge < -0.3 is 19.4 Å². The van der Waals surface area contributed by atoms with Gasteiger partial charge in [0.15, 0.2) is 10.3 Å². The molecule has 2 aromatic carbocycles. The van der Waals surface area contributed by atoms with E-state index in [1.165, 1.54) is 0 Å². The van der Waals surface area contributed by atoms with Crippen LogP contribution in [-0.4, -0.2) is 26.7 Å². The molecule has 152 valence electrons. The van der Waals surface area contributed by atoms with Crippen molar-refractivity contribution in [2.75, 3.05) is 6.79 Å². The Bertz CT molecular complexity index is 871. The molecule has 10 heteroatoms. The average molecular weight is 469 g/mol. The second kappa shape index (κ2) is 11.7. The van der Waals surface area contributed by atoms with E-state index in [2.05, 4.69) is 19.9 Å². The smallest absolute Gasteiger partial charge is 0.230 e. The molecule has 2 aromatic heterocycles. The van der Waals surface area contributed by atoms with Crippen molar-refractivity contribution in [1.82, 2.24) is 19.9 Å². The molecule has 0 unspecified atom stereocenters. The highest BCUT2D eigenvalue weighted by atomic mass is 35.5. The Morgan fingerprint density at radius 3 is 1.41 bits per heavy atom. The Morgan fingerprint density at radius 2 is 1.07 bits per heavy atom. The molecule has 0 aliphatic rings. The van der Waals surface area contributed by atoms with Gasteiger partial charge in [-0.25, -0.2) is 9.97 Å². The van der Waals surface area contributed by atoms with Gasteiger partial charge in [-0.2, -0.15) is 0 Å². The maximum absolute atomic E-state index is 5.64. The maximum atomic E-state index is 5.64.